The molecule has 1 heterocycles. The van der Waals surface area contributed by atoms with E-state index in [4.69, 9.17) is 16.3 Å². The van der Waals surface area contributed by atoms with Crippen LogP contribution in [0.3, 0.4) is 0 Å². The van der Waals surface area contributed by atoms with E-state index >= 15 is 0 Å². The topological polar surface area (TPSA) is 12.5 Å². The molecule has 1 aromatic rings. The fourth-order valence-electron chi connectivity index (χ4n) is 2.23. The molecule has 0 aliphatic carbocycles. The maximum atomic E-state index is 5.99. The highest BCUT2D eigenvalue weighted by atomic mass is 79.9. The summed E-state index contributed by atoms with van der Waals surface area (Å²) in [6.45, 7) is 1.84. The highest BCUT2D eigenvalue weighted by Gasteiger charge is 2.18. The van der Waals surface area contributed by atoms with Crippen LogP contribution in [0, 0.1) is 0 Å². The summed E-state index contributed by atoms with van der Waals surface area (Å²) in [5.74, 6) is 0.532. The van der Waals surface area contributed by atoms with E-state index in [1.165, 1.54) is 12.1 Å². The van der Waals surface area contributed by atoms with Crippen molar-refractivity contribution < 1.29 is 4.74 Å². The van der Waals surface area contributed by atoms with Gasteiger partial charge in [-0.3, -0.25) is 0 Å². The van der Waals surface area contributed by atoms with Gasteiger partial charge in [0.15, 0.2) is 0 Å². The molecule has 4 heteroatoms. The molecule has 0 bridgehead atoms. The second-order valence-electron chi connectivity index (χ2n) is 4.42. The van der Waals surface area contributed by atoms with E-state index in [1.54, 1.807) is 0 Å². The Morgan fingerprint density at radius 3 is 3.00 bits per heavy atom. The van der Waals surface area contributed by atoms with Gasteiger partial charge in [0.1, 0.15) is 0 Å². The number of halogens is 2. The van der Waals surface area contributed by atoms with E-state index in [9.17, 15) is 0 Å². The van der Waals surface area contributed by atoms with Gasteiger partial charge in [0, 0.05) is 36.2 Å². The number of rotatable bonds is 4. The van der Waals surface area contributed by atoms with Crippen molar-refractivity contribution in [2.45, 2.75) is 24.8 Å². The molecule has 2 nitrogen and oxygen atoms in total. The largest absolute Gasteiger partial charge is 0.376 e. The van der Waals surface area contributed by atoms with E-state index in [2.05, 4.69) is 46.1 Å². The van der Waals surface area contributed by atoms with Crippen molar-refractivity contribution >= 4 is 33.2 Å². The molecular weight excluding hydrogens is 302 g/mol. The number of hydrogen-bond acceptors (Lipinski definition) is 2. The van der Waals surface area contributed by atoms with Crippen LogP contribution in [0.2, 0.25) is 0 Å². The molecule has 1 aromatic carbocycles. The third-order valence-corrected chi connectivity index (χ3v) is 3.88. The summed E-state index contributed by atoms with van der Waals surface area (Å²) in [4.78, 5) is 2.24. The van der Waals surface area contributed by atoms with E-state index in [0.717, 1.165) is 29.6 Å². The molecule has 17 heavy (non-hydrogen) atoms. The minimum absolute atomic E-state index is 0.367. The highest BCUT2D eigenvalue weighted by Crippen LogP contribution is 2.26. The van der Waals surface area contributed by atoms with Crippen molar-refractivity contribution in [3.8, 4) is 0 Å². The van der Waals surface area contributed by atoms with Gasteiger partial charge in [-0.1, -0.05) is 15.9 Å². The summed E-state index contributed by atoms with van der Waals surface area (Å²) in [6.07, 6.45) is 2.71. The minimum Gasteiger partial charge on any atom is -0.376 e. The quantitative estimate of drug-likeness (QED) is 0.783. The average Bonchev–Trinajstić information content (AvgIpc) is 2.81. The zero-order valence-electron chi connectivity index (χ0n) is 9.96. The average molecular weight is 319 g/mol. The van der Waals surface area contributed by atoms with Gasteiger partial charge in [0.25, 0.3) is 0 Å². The van der Waals surface area contributed by atoms with Crippen LogP contribution in [0.4, 0.5) is 5.69 Å². The van der Waals surface area contributed by atoms with Crippen molar-refractivity contribution in [1.82, 2.24) is 0 Å². The summed E-state index contributed by atoms with van der Waals surface area (Å²) in [7, 11) is 2.10. The lowest BCUT2D eigenvalue weighted by molar-refractivity contribution is 0.116. The first-order valence-electron chi connectivity index (χ1n) is 5.88. The molecular formula is C13H17BrClNO. The van der Waals surface area contributed by atoms with Gasteiger partial charge in [-0.2, -0.15) is 0 Å². The standard InChI is InChI=1S/C13H17BrClNO/c1-16(9-12-3-2-6-17-12)13-5-4-11(14)7-10(13)8-15/h4-5,7,12H,2-3,6,8-9H2,1H3. The van der Waals surface area contributed by atoms with Crippen molar-refractivity contribution in [1.29, 1.82) is 0 Å². The number of nitrogens with zero attached hydrogens (tertiary/aromatic N) is 1. The number of anilines is 1. The third kappa shape index (κ3) is 3.36. The van der Waals surface area contributed by atoms with Crippen LogP contribution in [0.1, 0.15) is 18.4 Å². The molecule has 0 radical (unpaired) electrons. The SMILES string of the molecule is CN(CC1CCCO1)c1ccc(Br)cc1CCl. The Morgan fingerprint density at radius 1 is 1.53 bits per heavy atom. The minimum atomic E-state index is 0.367. The van der Waals surface area contributed by atoms with E-state index in [0.29, 0.717) is 12.0 Å². The van der Waals surface area contributed by atoms with Crippen molar-refractivity contribution in [2.24, 2.45) is 0 Å². The van der Waals surface area contributed by atoms with Gasteiger partial charge in [-0.25, -0.2) is 0 Å². The van der Waals surface area contributed by atoms with Gasteiger partial charge < -0.3 is 9.64 Å². The first kappa shape index (κ1) is 13.2. The molecule has 0 amide bonds. The van der Waals surface area contributed by atoms with Gasteiger partial charge in [0.2, 0.25) is 0 Å². The predicted molar refractivity (Wildman–Crippen MR) is 75.9 cm³/mol. The first-order chi connectivity index (χ1) is 8.20. The fraction of sp³-hybridized carbons (Fsp3) is 0.538. The van der Waals surface area contributed by atoms with E-state index < -0.39 is 0 Å². The van der Waals surface area contributed by atoms with Crippen LogP contribution in [-0.4, -0.2) is 26.3 Å². The predicted octanol–water partition coefficient (Wildman–Crippen LogP) is 3.80. The number of alkyl halides is 1. The maximum absolute atomic E-state index is 5.99. The second-order valence-corrected chi connectivity index (χ2v) is 5.61. The molecule has 1 aliphatic heterocycles. The molecule has 94 valence electrons. The highest BCUT2D eigenvalue weighted by molar-refractivity contribution is 9.10. The zero-order valence-corrected chi connectivity index (χ0v) is 12.3. The van der Waals surface area contributed by atoms with Crippen LogP contribution in [0.15, 0.2) is 22.7 Å². The second kappa shape index (κ2) is 6.07. The van der Waals surface area contributed by atoms with Gasteiger partial charge in [-0.05, 0) is 36.6 Å². The number of ether oxygens (including phenoxy) is 1. The Hall–Kier alpha value is -0.250. The van der Waals surface area contributed by atoms with E-state index in [1.807, 2.05) is 0 Å². The Labute approximate surface area is 116 Å². The summed E-state index contributed by atoms with van der Waals surface area (Å²) in [5, 5.41) is 0. The lowest BCUT2D eigenvalue weighted by Gasteiger charge is -2.25. The Balaban J connectivity index is 2.09. The van der Waals surface area contributed by atoms with Crippen LogP contribution < -0.4 is 4.90 Å². The fourth-order valence-corrected chi connectivity index (χ4v) is 2.85. The summed E-state index contributed by atoms with van der Waals surface area (Å²) < 4.78 is 6.73. The molecule has 0 aromatic heterocycles. The van der Waals surface area contributed by atoms with E-state index in [-0.39, 0.29) is 0 Å². The van der Waals surface area contributed by atoms with Gasteiger partial charge >= 0.3 is 0 Å². The Bertz CT molecular complexity index is 380. The molecule has 1 aliphatic rings. The van der Waals surface area contributed by atoms with Crippen LogP contribution in [-0.2, 0) is 10.6 Å². The lowest BCUT2D eigenvalue weighted by Crippen LogP contribution is -2.29. The van der Waals surface area contributed by atoms with Crippen LogP contribution in [0.25, 0.3) is 0 Å². The zero-order chi connectivity index (χ0) is 12.3. The normalized spacial score (nSPS) is 19.6. The molecule has 1 saturated heterocycles. The third-order valence-electron chi connectivity index (χ3n) is 3.10. The molecule has 0 spiro atoms. The molecule has 1 fully saturated rings. The van der Waals surface area contributed by atoms with Gasteiger partial charge in [0.05, 0.1) is 6.10 Å². The molecule has 1 unspecified atom stereocenters. The van der Waals surface area contributed by atoms with Crippen LogP contribution in [0.5, 0.6) is 0 Å². The molecule has 2 rings (SSSR count). The van der Waals surface area contributed by atoms with Gasteiger partial charge in [-0.15, -0.1) is 11.6 Å². The molecule has 0 saturated carbocycles. The van der Waals surface area contributed by atoms with Crippen molar-refractivity contribution in [3.63, 3.8) is 0 Å². The smallest absolute Gasteiger partial charge is 0.0750 e. The number of benzene rings is 1. The maximum Gasteiger partial charge on any atom is 0.0750 e. The molecule has 1 atom stereocenters. The molecule has 0 N–H and O–H groups in total. The first-order valence-corrected chi connectivity index (χ1v) is 7.20. The monoisotopic (exact) mass is 317 g/mol. The number of hydrogen-bond donors (Lipinski definition) is 0. The number of likely N-dealkylation sites (N-methyl/N-ethyl adjacent to an activating group) is 1. The summed E-state index contributed by atoms with van der Waals surface area (Å²) in [5.41, 5.74) is 2.35. The Morgan fingerprint density at radius 2 is 2.35 bits per heavy atom. The summed E-state index contributed by atoms with van der Waals surface area (Å²) >= 11 is 9.46. The van der Waals surface area contributed by atoms with Crippen molar-refractivity contribution in [2.75, 3.05) is 25.1 Å². The van der Waals surface area contributed by atoms with Crippen LogP contribution >= 0.6 is 27.5 Å². The summed E-state index contributed by atoms with van der Waals surface area (Å²) in [6, 6.07) is 6.24. The Kier molecular flexibility index (Phi) is 4.71. The lowest BCUT2D eigenvalue weighted by atomic mass is 10.1. The van der Waals surface area contributed by atoms with Crippen molar-refractivity contribution in [3.05, 3.63) is 28.2 Å².